The first-order chi connectivity index (χ1) is 8.09. The van der Waals surface area contributed by atoms with Gasteiger partial charge < -0.3 is 10.4 Å². The van der Waals surface area contributed by atoms with Crippen molar-refractivity contribution in [3.8, 4) is 0 Å². The lowest BCUT2D eigenvalue weighted by Crippen LogP contribution is -2.62. The third kappa shape index (κ3) is 2.60. The van der Waals surface area contributed by atoms with Crippen LogP contribution in [0.5, 0.6) is 0 Å². The van der Waals surface area contributed by atoms with E-state index in [0.29, 0.717) is 12.6 Å². The fourth-order valence-corrected chi connectivity index (χ4v) is 3.09. The maximum absolute atomic E-state index is 11.8. The highest BCUT2D eigenvalue weighted by atomic mass is 16.4. The molecular weight excluding hydrogens is 220 g/mol. The molecule has 17 heavy (non-hydrogen) atoms. The summed E-state index contributed by atoms with van der Waals surface area (Å²) >= 11 is 0. The quantitative estimate of drug-likeness (QED) is 0.757. The molecule has 2 N–H and O–H groups in total. The van der Waals surface area contributed by atoms with Crippen LogP contribution in [0.25, 0.3) is 0 Å². The predicted octanol–water partition coefficient (Wildman–Crippen LogP) is 0.593. The number of carboxylic acid groups (broad SMARTS) is 1. The van der Waals surface area contributed by atoms with Crippen LogP contribution in [0.2, 0.25) is 0 Å². The van der Waals surface area contributed by atoms with Gasteiger partial charge >= 0.3 is 5.97 Å². The number of hydrogen-bond donors (Lipinski definition) is 2. The van der Waals surface area contributed by atoms with Gasteiger partial charge in [0.25, 0.3) is 0 Å². The maximum atomic E-state index is 11.8. The zero-order valence-electron chi connectivity index (χ0n) is 10.2. The average molecular weight is 240 g/mol. The third-order valence-electron chi connectivity index (χ3n) is 3.86. The van der Waals surface area contributed by atoms with Gasteiger partial charge in [0.2, 0.25) is 5.91 Å². The number of piperazine rings is 1. The van der Waals surface area contributed by atoms with E-state index < -0.39 is 12.0 Å². The molecule has 1 saturated carbocycles. The summed E-state index contributed by atoms with van der Waals surface area (Å²) in [6.45, 7) is 2.69. The van der Waals surface area contributed by atoms with Crippen LogP contribution in [0.15, 0.2) is 0 Å². The molecule has 0 aromatic heterocycles. The summed E-state index contributed by atoms with van der Waals surface area (Å²) in [6.07, 6.45) is 4.47. The minimum Gasteiger partial charge on any atom is -0.481 e. The Kier molecular flexibility index (Phi) is 3.66. The van der Waals surface area contributed by atoms with Gasteiger partial charge in [-0.25, -0.2) is 0 Å². The Hall–Kier alpha value is -1.10. The zero-order chi connectivity index (χ0) is 12.4. The van der Waals surface area contributed by atoms with Crippen molar-refractivity contribution in [2.24, 2.45) is 0 Å². The summed E-state index contributed by atoms with van der Waals surface area (Å²) in [5.74, 6) is -1.03. The number of carboxylic acids is 1. The van der Waals surface area contributed by atoms with Gasteiger partial charge in [0, 0.05) is 18.6 Å². The third-order valence-corrected chi connectivity index (χ3v) is 3.86. The van der Waals surface area contributed by atoms with Crippen molar-refractivity contribution in [2.45, 2.75) is 57.2 Å². The second-order valence-electron chi connectivity index (χ2n) is 5.09. The van der Waals surface area contributed by atoms with E-state index in [9.17, 15) is 9.59 Å². The molecule has 0 aromatic rings. The van der Waals surface area contributed by atoms with Gasteiger partial charge in [0.15, 0.2) is 0 Å². The number of rotatable bonds is 3. The van der Waals surface area contributed by atoms with Gasteiger partial charge in [-0.05, 0) is 19.8 Å². The van der Waals surface area contributed by atoms with Gasteiger partial charge in [-0.1, -0.05) is 12.8 Å². The molecule has 2 aliphatic rings. The Morgan fingerprint density at radius 3 is 2.71 bits per heavy atom. The minimum absolute atomic E-state index is 0.0906. The van der Waals surface area contributed by atoms with Crippen LogP contribution in [0.3, 0.4) is 0 Å². The van der Waals surface area contributed by atoms with E-state index >= 15 is 0 Å². The lowest BCUT2D eigenvalue weighted by atomic mass is 10.0. The second kappa shape index (κ2) is 5.04. The van der Waals surface area contributed by atoms with Crippen LogP contribution in [-0.4, -0.2) is 46.6 Å². The standard InChI is InChI=1S/C12H20N2O3/c1-8-7-13-12(17)10(6-11(15)16)14(8)9-4-2-3-5-9/h8-10H,2-7H2,1H3,(H,13,17)(H,15,16). The number of nitrogens with zero attached hydrogens (tertiary/aromatic N) is 1. The van der Waals surface area contributed by atoms with E-state index in [-0.39, 0.29) is 18.4 Å². The van der Waals surface area contributed by atoms with Crippen molar-refractivity contribution in [3.05, 3.63) is 0 Å². The van der Waals surface area contributed by atoms with E-state index in [1.54, 1.807) is 0 Å². The molecule has 0 bridgehead atoms. The first-order valence-corrected chi connectivity index (χ1v) is 6.36. The summed E-state index contributed by atoms with van der Waals surface area (Å²) in [6, 6.07) is 0.139. The van der Waals surface area contributed by atoms with Crippen LogP contribution in [0.4, 0.5) is 0 Å². The molecule has 5 heteroatoms. The van der Waals surface area contributed by atoms with Crippen molar-refractivity contribution in [1.29, 1.82) is 0 Å². The Bertz CT molecular complexity index is 313. The molecular formula is C12H20N2O3. The molecule has 1 aliphatic heterocycles. The predicted molar refractivity (Wildman–Crippen MR) is 62.6 cm³/mol. The lowest BCUT2D eigenvalue weighted by molar-refractivity contribution is -0.145. The smallest absolute Gasteiger partial charge is 0.305 e. The fraction of sp³-hybridized carbons (Fsp3) is 0.833. The Morgan fingerprint density at radius 1 is 1.47 bits per heavy atom. The van der Waals surface area contributed by atoms with Gasteiger partial charge in [0.1, 0.15) is 6.04 Å². The molecule has 1 amide bonds. The fourth-order valence-electron chi connectivity index (χ4n) is 3.09. The van der Waals surface area contributed by atoms with Gasteiger partial charge in [-0.2, -0.15) is 0 Å². The van der Waals surface area contributed by atoms with Crippen molar-refractivity contribution < 1.29 is 14.7 Å². The molecule has 5 nitrogen and oxygen atoms in total. The molecule has 0 aromatic carbocycles. The van der Waals surface area contributed by atoms with Crippen molar-refractivity contribution in [2.75, 3.05) is 6.54 Å². The molecule has 2 atom stereocenters. The molecule has 1 heterocycles. The van der Waals surface area contributed by atoms with Crippen LogP contribution in [0, 0.1) is 0 Å². The number of carbonyl (C=O) groups is 2. The Labute approximate surface area is 101 Å². The lowest BCUT2D eigenvalue weighted by Gasteiger charge is -2.43. The molecule has 1 saturated heterocycles. The van der Waals surface area contributed by atoms with Crippen molar-refractivity contribution in [3.63, 3.8) is 0 Å². The van der Waals surface area contributed by atoms with Crippen LogP contribution in [0.1, 0.15) is 39.0 Å². The molecule has 0 radical (unpaired) electrons. The van der Waals surface area contributed by atoms with Gasteiger partial charge in [-0.15, -0.1) is 0 Å². The maximum Gasteiger partial charge on any atom is 0.305 e. The highest BCUT2D eigenvalue weighted by molar-refractivity contribution is 5.86. The summed E-state index contributed by atoms with van der Waals surface area (Å²) in [5, 5.41) is 11.7. The van der Waals surface area contributed by atoms with Crippen molar-refractivity contribution >= 4 is 11.9 Å². The number of nitrogens with one attached hydrogen (secondary N) is 1. The number of amides is 1. The molecule has 0 spiro atoms. The highest BCUT2D eigenvalue weighted by Crippen LogP contribution is 2.29. The molecule has 96 valence electrons. The van der Waals surface area contributed by atoms with E-state index in [1.165, 1.54) is 12.8 Å². The first-order valence-electron chi connectivity index (χ1n) is 6.36. The number of hydrogen-bond acceptors (Lipinski definition) is 3. The Balaban J connectivity index is 2.14. The average Bonchev–Trinajstić information content (AvgIpc) is 2.76. The first kappa shape index (κ1) is 12.4. The minimum atomic E-state index is -0.901. The summed E-state index contributed by atoms with van der Waals surface area (Å²) in [4.78, 5) is 24.8. The van der Waals surface area contributed by atoms with Crippen molar-refractivity contribution in [1.82, 2.24) is 10.2 Å². The van der Waals surface area contributed by atoms with Crippen LogP contribution >= 0.6 is 0 Å². The largest absolute Gasteiger partial charge is 0.481 e. The monoisotopic (exact) mass is 240 g/mol. The molecule has 1 aliphatic carbocycles. The van der Waals surface area contributed by atoms with Crippen LogP contribution < -0.4 is 5.32 Å². The molecule has 2 fully saturated rings. The normalized spacial score (nSPS) is 31.5. The van der Waals surface area contributed by atoms with E-state index in [4.69, 9.17) is 5.11 Å². The SMILES string of the molecule is CC1CNC(=O)C(CC(=O)O)N1C1CCCC1. The Morgan fingerprint density at radius 2 is 2.12 bits per heavy atom. The van der Waals surface area contributed by atoms with Gasteiger partial charge in [-0.3, -0.25) is 14.5 Å². The summed E-state index contributed by atoms with van der Waals surface area (Å²) in [7, 11) is 0. The van der Waals surface area contributed by atoms with E-state index in [1.807, 2.05) is 0 Å². The molecule has 2 rings (SSSR count). The highest BCUT2D eigenvalue weighted by Gasteiger charge is 2.40. The summed E-state index contributed by atoms with van der Waals surface area (Å²) in [5.41, 5.74) is 0. The second-order valence-corrected chi connectivity index (χ2v) is 5.09. The summed E-state index contributed by atoms with van der Waals surface area (Å²) < 4.78 is 0. The number of aliphatic carboxylic acids is 1. The van der Waals surface area contributed by atoms with Gasteiger partial charge in [0.05, 0.1) is 6.42 Å². The topological polar surface area (TPSA) is 69.6 Å². The van der Waals surface area contributed by atoms with E-state index in [0.717, 1.165) is 12.8 Å². The van der Waals surface area contributed by atoms with E-state index in [2.05, 4.69) is 17.1 Å². The zero-order valence-corrected chi connectivity index (χ0v) is 10.2. The number of carbonyl (C=O) groups excluding carboxylic acids is 1. The molecule has 2 unspecified atom stereocenters. The van der Waals surface area contributed by atoms with Crippen LogP contribution in [-0.2, 0) is 9.59 Å².